The molecule has 4 saturated carbocycles. The second-order valence-corrected chi connectivity index (χ2v) is 11.6. The van der Waals surface area contributed by atoms with Crippen LogP contribution in [-0.4, -0.2) is 51.7 Å². The van der Waals surface area contributed by atoms with E-state index in [1.807, 2.05) is 35.2 Å². The summed E-state index contributed by atoms with van der Waals surface area (Å²) < 4.78 is 0. The van der Waals surface area contributed by atoms with Gasteiger partial charge in [-0.2, -0.15) is 0 Å². The number of hydrogen-bond donors (Lipinski definition) is 0. The summed E-state index contributed by atoms with van der Waals surface area (Å²) in [5.74, 6) is 0.555. The van der Waals surface area contributed by atoms with Crippen molar-refractivity contribution >= 4 is 23.6 Å². The Morgan fingerprint density at radius 1 is 0.618 bits per heavy atom. The number of carbonyl (C=O) groups is 4. The van der Waals surface area contributed by atoms with E-state index in [0.717, 1.165) is 44.1 Å². The average Bonchev–Trinajstić information content (AvgIpc) is 3.68. The monoisotopic (exact) mass is 461 g/mol. The van der Waals surface area contributed by atoms with Crippen molar-refractivity contribution in [2.45, 2.75) is 45.1 Å². The van der Waals surface area contributed by atoms with Crippen LogP contribution in [0, 0.1) is 47.3 Å². The van der Waals surface area contributed by atoms with Crippen molar-refractivity contribution in [3.63, 3.8) is 0 Å². The van der Waals surface area contributed by atoms with E-state index in [1.54, 1.807) is 0 Å². The molecular formula is C27H31N3O4. The Labute approximate surface area is 199 Å². The molecule has 6 aliphatic rings. The summed E-state index contributed by atoms with van der Waals surface area (Å²) in [6.07, 6.45) is 6.22. The Morgan fingerprint density at radius 3 is 1.38 bits per heavy atom. The van der Waals surface area contributed by atoms with Crippen LogP contribution >= 0.6 is 0 Å². The Kier molecular flexibility index (Phi) is 4.57. The van der Waals surface area contributed by atoms with Gasteiger partial charge in [-0.15, -0.1) is 0 Å². The highest BCUT2D eigenvalue weighted by atomic mass is 16.2. The number of likely N-dealkylation sites (tertiary alicyclic amines) is 2. The van der Waals surface area contributed by atoms with E-state index in [-0.39, 0.29) is 60.6 Å². The molecule has 1 aromatic rings. The van der Waals surface area contributed by atoms with Gasteiger partial charge in [0.05, 0.1) is 37.0 Å². The molecule has 2 saturated heterocycles. The van der Waals surface area contributed by atoms with Crippen LogP contribution in [0.15, 0.2) is 30.3 Å². The molecule has 4 amide bonds. The molecule has 0 aromatic heterocycles. The molecule has 2 heterocycles. The Hall–Kier alpha value is -2.54. The number of amides is 4. The van der Waals surface area contributed by atoms with Crippen LogP contribution in [0.3, 0.4) is 0 Å². The maximum atomic E-state index is 13.3. The Bertz CT molecular complexity index is 953. The fourth-order valence-electron chi connectivity index (χ4n) is 8.61. The number of nitrogens with zero attached hydrogens (tertiary/aromatic N) is 3. The number of imide groups is 2. The highest BCUT2D eigenvalue weighted by Gasteiger charge is 2.62. The third kappa shape index (κ3) is 2.85. The first-order chi connectivity index (χ1) is 16.5. The molecule has 1 aromatic carbocycles. The summed E-state index contributed by atoms with van der Waals surface area (Å²) in [6, 6.07) is 9.85. The second-order valence-electron chi connectivity index (χ2n) is 11.6. The van der Waals surface area contributed by atoms with E-state index in [4.69, 9.17) is 0 Å². The third-order valence-electron chi connectivity index (χ3n) is 9.97. The SMILES string of the molecule is O=C1[C@@H]2[C@H]3CC[C@@H](C3)[C@@H]2C(=O)N1CN(Cc1ccccc1)CN1C(=O)[C@@H]2[C@H]3CC[C@@H](C3)[C@@H]2C1=O. The molecular weight excluding hydrogens is 430 g/mol. The maximum Gasteiger partial charge on any atom is 0.234 e. The van der Waals surface area contributed by atoms with Crippen LogP contribution in [0.25, 0.3) is 0 Å². The number of carbonyl (C=O) groups excluding carboxylic acids is 4. The lowest BCUT2D eigenvalue weighted by Gasteiger charge is -2.31. The van der Waals surface area contributed by atoms with Crippen LogP contribution in [-0.2, 0) is 25.7 Å². The van der Waals surface area contributed by atoms with Gasteiger partial charge in [-0.1, -0.05) is 30.3 Å². The highest BCUT2D eigenvalue weighted by molar-refractivity contribution is 6.07. The lowest BCUT2D eigenvalue weighted by Crippen LogP contribution is -2.48. The minimum Gasteiger partial charge on any atom is -0.274 e. The molecule has 6 fully saturated rings. The van der Waals surface area contributed by atoms with Crippen LogP contribution in [0.1, 0.15) is 44.1 Å². The van der Waals surface area contributed by atoms with Crippen LogP contribution in [0.2, 0.25) is 0 Å². The number of benzene rings is 1. The zero-order valence-electron chi connectivity index (χ0n) is 19.3. The van der Waals surface area contributed by atoms with Crippen molar-refractivity contribution in [2.75, 3.05) is 13.3 Å². The van der Waals surface area contributed by atoms with Crippen molar-refractivity contribution in [1.29, 1.82) is 0 Å². The van der Waals surface area contributed by atoms with Gasteiger partial charge < -0.3 is 0 Å². The zero-order valence-corrected chi connectivity index (χ0v) is 19.3. The first kappa shape index (κ1) is 20.8. The van der Waals surface area contributed by atoms with Gasteiger partial charge in [0.2, 0.25) is 23.6 Å². The van der Waals surface area contributed by atoms with Gasteiger partial charge in [0.15, 0.2) is 0 Å². The minimum atomic E-state index is -0.158. The number of hydrogen-bond acceptors (Lipinski definition) is 5. The van der Waals surface area contributed by atoms with Gasteiger partial charge in [-0.05, 0) is 67.8 Å². The zero-order chi connectivity index (χ0) is 23.1. The summed E-state index contributed by atoms with van der Waals surface area (Å²) in [5.41, 5.74) is 1.03. The lowest BCUT2D eigenvalue weighted by atomic mass is 9.81. The van der Waals surface area contributed by atoms with Gasteiger partial charge in [-0.3, -0.25) is 33.9 Å². The third-order valence-corrected chi connectivity index (χ3v) is 9.97. The van der Waals surface area contributed by atoms with E-state index >= 15 is 0 Å². The van der Waals surface area contributed by atoms with E-state index in [1.165, 1.54) is 9.80 Å². The van der Waals surface area contributed by atoms with Crippen LogP contribution < -0.4 is 0 Å². The summed E-state index contributed by atoms with van der Waals surface area (Å²) >= 11 is 0. The van der Waals surface area contributed by atoms with E-state index < -0.39 is 0 Å². The molecule has 0 spiro atoms. The molecule has 7 nitrogen and oxygen atoms in total. The topological polar surface area (TPSA) is 78.0 Å². The predicted octanol–water partition coefficient (Wildman–Crippen LogP) is 2.47. The summed E-state index contributed by atoms with van der Waals surface area (Å²) in [6.45, 7) is 0.746. The fraction of sp³-hybridized carbons (Fsp3) is 0.630. The highest BCUT2D eigenvalue weighted by Crippen LogP contribution is 2.57. The van der Waals surface area contributed by atoms with Gasteiger partial charge in [0.25, 0.3) is 0 Å². The second kappa shape index (κ2) is 7.48. The van der Waals surface area contributed by atoms with E-state index in [0.29, 0.717) is 30.2 Å². The molecule has 34 heavy (non-hydrogen) atoms. The molecule has 2 aliphatic heterocycles. The van der Waals surface area contributed by atoms with E-state index in [9.17, 15) is 19.2 Å². The lowest BCUT2D eigenvalue weighted by molar-refractivity contribution is -0.146. The molecule has 7 heteroatoms. The molecule has 178 valence electrons. The number of rotatable bonds is 6. The predicted molar refractivity (Wildman–Crippen MR) is 121 cm³/mol. The van der Waals surface area contributed by atoms with Gasteiger partial charge in [-0.25, -0.2) is 0 Å². The van der Waals surface area contributed by atoms with Gasteiger partial charge in [0, 0.05) is 6.54 Å². The largest absolute Gasteiger partial charge is 0.274 e. The van der Waals surface area contributed by atoms with Gasteiger partial charge in [0.1, 0.15) is 0 Å². The van der Waals surface area contributed by atoms with Crippen LogP contribution in [0.4, 0.5) is 0 Å². The summed E-state index contributed by atoms with van der Waals surface area (Å²) in [7, 11) is 0. The van der Waals surface area contributed by atoms with Crippen molar-refractivity contribution in [1.82, 2.24) is 14.7 Å². The fourth-order valence-corrected chi connectivity index (χ4v) is 8.61. The van der Waals surface area contributed by atoms with Crippen LogP contribution in [0.5, 0.6) is 0 Å². The average molecular weight is 462 g/mol. The minimum absolute atomic E-state index is 0.0470. The first-order valence-electron chi connectivity index (χ1n) is 13.0. The standard InChI is InChI=1S/C27H31N3O4/c31-24-20-16-6-7-17(10-16)21(20)25(32)29(24)13-28(12-15-4-2-1-3-5-15)14-30-26(33)22-18-8-9-19(11-18)23(22)27(30)34/h1-5,16-23H,6-14H2/t16-,17-,18-,19-,20-,21+,22-,23+/m0/s1. The molecule has 0 unspecified atom stereocenters. The quantitative estimate of drug-likeness (QED) is 0.609. The molecule has 4 aliphatic carbocycles. The molecule has 4 bridgehead atoms. The van der Waals surface area contributed by atoms with Crippen molar-refractivity contribution < 1.29 is 19.2 Å². The molecule has 7 rings (SSSR count). The van der Waals surface area contributed by atoms with Crippen molar-refractivity contribution in [3.8, 4) is 0 Å². The maximum absolute atomic E-state index is 13.3. The normalized spacial score (nSPS) is 39.8. The van der Waals surface area contributed by atoms with Gasteiger partial charge >= 0.3 is 0 Å². The summed E-state index contributed by atoms with van der Waals surface area (Å²) in [5, 5.41) is 0. The van der Waals surface area contributed by atoms with Crippen molar-refractivity contribution in [2.24, 2.45) is 47.3 Å². The Balaban J connectivity index is 1.14. The van der Waals surface area contributed by atoms with Crippen molar-refractivity contribution in [3.05, 3.63) is 35.9 Å². The molecule has 0 N–H and O–H groups in total. The Morgan fingerprint density at radius 2 is 1.00 bits per heavy atom. The molecule has 8 atom stereocenters. The smallest absolute Gasteiger partial charge is 0.234 e. The summed E-state index contributed by atoms with van der Waals surface area (Å²) in [4.78, 5) is 58.1. The molecule has 0 radical (unpaired) electrons. The number of fused-ring (bicyclic) bond motifs is 10. The first-order valence-corrected chi connectivity index (χ1v) is 13.0. The van der Waals surface area contributed by atoms with E-state index in [2.05, 4.69) is 0 Å².